The van der Waals surface area contributed by atoms with Gasteiger partial charge in [0, 0.05) is 23.5 Å². The lowest BCUT2D eigenvalue weighted by Gasteiger charge is -2.02. The molecule has 25 heavy (non-hydrogen) atoms. The zero-order chi connectivity index (χ0) is 18.1. The van der Waals surface area contributed by atoms with E-state index in [0.717, 1.165) is 21.3 Å². The van der Waals surface area contributed by atoms with Gasteiger partial charge in [-0.25, -0.2) is 9.79 Å². The smallest absolute Gasteiger partial charge is 0.341 e. The molecule has 5 nitrogen and oxygen atoms in total. The number of nitrogens with zero attached hydrogens (tertiary/aromatic N) is 2. The maximum atomic E-state index is 12.3. The number of hydrogen-bond acceptors (Lipinski definition) is 5. The number of para-hydroxylation sites is 1. The van der Waals surface area contributed by atoms with Crippen molar-refractivity contribution in [2.24, 2.45) is 12.0 Å². The summed E-state index contributed by atoms with van der Waals surface area (Å²) in [6.07, 6.45) is 1.62. The topological polar surface area (TPSA) is 63.8 Å². The summed E-state index contributed by atoms with van der Waals surface area (Å²) in [6.45, 7) is 5.95. The molecule has 0 amide bonds. The summed E-state index contributed by atoms with van der Waals surface area (Å²) in [4.78, 5) is 17.8. The number of fused-ring (bicyclic) bond motifs is 1. The largest absolute Gasteiger partial charge is 0.494 e. The molecule has 6 heteroatoms. The number of aliphatic imine (C=N–C) groups is 1. The van der Waals surface area contributed by atoms with Crippen molar-refractivity contribution in [3.8, 4) is 5.88 Å². The molecule has 0 saturated heterocycles. The molecular weight excluding hydrogens is 336 g/mol. The molecule has 0 aliphatic heterocycles. The van der Waals surface area contributed by atoms with Crippen LogP contribution in [-0.2, 0) is 11.8 Å². The van der Waals surface area contributed by atoms with Crippen molar-refractivity contribution < 1.29 is 14.6 Å². The standard InChI is InChI=1S/C19H20N2O3S/c1-5-24-19(23)16-11(2)12(3)25-17(16)20-10-14-13-8-6-7-9-15(13)21(4)18(14)22/h6-10,22H,5H2,1-4H3/b20-10+. The fourth-order valence-electron chi connectivity index (χ4n) is 2.80. The van der Waals surface area contributed by atoms with E-state index in [0.29, 0.717) is 22.7 Å². The van der Waals surface area contributed by atoms with E-state index in [1.807, 2.05) is 38.1 Å². The molecule has 0 atom stereocenters. The Morgan fingerprint density at radius 3 is 2.80 bits per heavy atom. The van der Waals surface area contributed by atoms with Gasteiger partial charge in [-0.3, -0.25) is 0 Å². The summed E-state index contributed by atoms with van der Waals surface area (Å²) in [6, 6.07) is 7.72. The molecule has 0 spiro atoms. The number of thiophene rings is 1. The van der Waals surface area contributed by atoms with E-state index in [1.165, 1.54) is 11.3 Å². The lowest BCUT2D eigenvalue weighted by Crippen LogP contribution is -2.05. The van der Waals surface area contributed by atoms with Gasteiger partial charge in [-0.2, -0.15) is 0 Å². The molecule has 0 radical (unpaired) electrons. The number of aryl methyl sites for hydroxylation is 2. The van der Waals surface area contributed by atoms with Crippen LogP contribution in [-0.4, -0.2) is 28.5 Å². The highest BCUT2D eigenvalue weighted by Crippen LogP contribution is 2.36. The molecule has 0 aliphatic rings. The lowest BCUT2D eigenvalue weighted by molar-refractivity contribution is 0.0527. The molecule has 0 fully saturated rings. The Hall–Kier alpha value is -2.60. The summed E-state index contributed by atoms with van der Waals surface area (Å²) < 4.78 is 6.87. The van der Waals surface area contributed by atoms with Crippen LogP contribution in [0.4, 0.5) is 5.00 Å². The minimum atomic E-state index is -0.362. The number of carbonyl (C=O) groups is 1. The Balaban J connectivity index is 2.08. The first-order chi connectivity index (χ1) is 12.0. The van der Waals surface area contributed by atoms with Crippen LogP contribution < -0.4 is 0 Å². The van der Waals surface area contributed by atoms with Crippen LogP contribution in [0.5, 0.6) is 5.88 Å². The van der Waals surface area contributed by atoms with Crippen molar-refractivity contribution >= 4 is 39.4 Å². The Morgan fingerprint density at radius 2 is 2.08 bits per heavy atom. The van der Waals surface area contributed by atoms with Crippen LogP contribution in [0.15, 0.2) is 29.3 Å². The second-order valence-corrected chi connectivity index (χ2v) is 6.96. The zero-order valence-corrected chi connectivity index (χ0v) is 15.5. The fraction of sp³-hybridized carbons (Fsp3) is 0.263. The quantitative estimate of drug-likeness (QED) is 0.553. The molecule has 2 heterocycles. The van der Waals surface area contributed by atoms with Gasteiger partial charge in [0.15, 0.2) is 0 Å². The summed E-state index contributed by atoms with van der Waals surface area (Å²) >= 11 is 1.45. The predicted molar refractivity (Wildman–Crippen MR) is 102 cm³/mol. The number of carbonyl (C=O) groups excluding carboxylic acids is 1. The van der Waals surface area contributed by atoms with E-state index < -0.39 is 0 Å². The molecule has 0 unspecified atom stereocenters. The minimum absolute atomic E-state index is 0.146. The van der Waals surface area contributed by atoms with Crippen LogP contribution in [0.25, 0.3) is 10.9 Å². The van der Waals surface area contributed by atoms with Gasteiger partial charge in [0.25, 0.3) is 0 Å². The van der Waals surface area contributed by atoms with Crippen LogP contribution in [0, 0.1) is 13.8 Å². The number of aromatic nitrogens is 1. The number of rotatable bonds is 4. The molecule has 130 valence electrons. The molecule has 1 aromatic carbocycles. The third-order valence-electron chi connectivity index (χ3n) is 4.27. The third kappa shape index (κ3) is 2.93. The number of benzene rings is 1. The monoisotopic (exact) mass is 356 g/mol. The highest BCUT2D eigenvalue weighted by atomic mass is 32.1. The van der Waals surface area contributed by atoms with Crippen LogP contribution >= 0.6 is 11.3 Å². The Bertz CT molecular complexity index is 982. The first-order valence-electron chi connectivity index (χ1n) is 8.03. The lowest BCUT2D eigenvalue weighted by atomic mass is 10.1. The third-order valence-corrected chi connectivity index (χ3v) is 5.39. The average Bonchev–Trinajstić information content (AvgIpc) is 3.01. The van der Waals surface area contributed by atoms with Crippen molar-refractivity contribution in [1.29, 1.82) is 0 Å². The Labute approximate surface area is 150 Å². The summed E-state index contributed by atoms with van der Waals surface area (Å²) in [5, 5.41) is 11.9. The highest BCUT2D eigenvalue weighted by molar-refractivity contribution is 7.16. The highest BCUT2D eigenvalue weighted by Gasteiger charge is 2.20. The summed E-state index contributed by atoms with van der Waals surface area (Å²) in [5.74, 6) is -0.216. The van der Waals surface area contributed by atoms with Gasteiger partial charge in [0.2, 0.25) is 5.88 Å². The van der Waals surface area contributed by atoms with E-state index in [2.05, 4.69) is 4.99 Å². The first kappa shape index (κ1) is 17.2. The molecule has 3 rings (SSSR count). The number of esters is 1. The molecule has 0 bridgehead atoms. The van der Waals surface area contributed by atoms with E-state index in [-0.39, 0.29) is 11.8 Å². The van der Waals surface area contributed by atoms with Crippen molar-refractivity contribution in [3.05, 3.63) is 45.8 Å². The van der Waals surface area contributed by atoms with Crippen LogP contribution in [0.1, 0.15) is 33.3 Å². The number of hydrogen-bond donors (Lipinski definition) is 1. The molecule has 3 aromatic rings. The number of aromatic hydroxyl groups is 1. The van der Waals surface area contributed by atoms with Gasteiger partial charge < -0.3 is 14.4 Å². The molecule has 1 N–H and O–H groups in total. The summed E-state index contributed by atoms with van der Waals surface area (Å²) in [5.41, 5.74) is 2.94. The number of ether oxygens (including phenoxy) is 1. The zero-order valence-electron chi connectivity index (χ0n) is 14.7. The van der Waals surface area contributed by atoms with Gasteiger partial charge >= 0.3 is 5.97 Å². The van der Waals surface area contributed by atoms with Gasteiger partial charge in [-0.1, -0.05) is 18.2 Å². The van der Waals surface area contributed by atoms with Crippen molar-refractivity contribution in [1.82, 2.24) is 4.57 Å². The molecular formula is C19H20N2O3S. The van der Waals surface area contributed by atoms with E-state index >= 15 is 0 Å². The minimum Gasteiger partial charge on any atom is -0.494 e. The van der Waals surface area contributed by atoms with Gasteiger partial charge in [-0.05, 0) is 32.4 Å². The maximum absolute atomic E-state index is 12.3. The summed E-state index contributed by atoms with van der Waals surface area (Å²) in [7, 11) is 1.80. The van der Waals surface area contributed by atoms with Crippen molar-refractivity contribution in [2.45, 2.75) is 20.8 Å². The molecule has 2 aromatic heterocycles. The van der Waals surface area contributed by atoms with E-state index in [4.69, 9.17) is 4.74 Å². The maximum Gasteiger partial charge on any atom is 0.341 e. The van der Waals surface area contributed by atoms with Gasteiger partial charge in [-0.15, -0.1) is 11.3 Å². The average molecular weight is 356 g/mol. The van der Waals surface area contributed by atoms with E-state index in [1.54, 1.807) is 24.8 Å². The second-order valence-electron chi connectivity index (χ2n) is 5.76. The predicted octanol–water partition coefficient (Wildman–Crippen LogP) is 4.49. The van der Waals surface area contributed by atoms with Crippen LogP contribution in [0.2, 0.25) is 0 Å². The Kier molecular flexibility index (Phi) is 4.63. The van der Waals surface area contributed by atoms with Crippen molar-refractivity contribution in [2.75, 3.05) is 6.61 Å². The SMILES string of the molecule is CCOC(=O)c1c(/N=C/c2c(O)n(C)c3ccccc23)sc(C)c1C. The fourth-order valence-corrected chi connectivity index (χ4v) is 3.79. The molecule has 0 aliphatic carbocycles. The molecule has 0 saturated carbocycles. The van der Waals surface area contributed by atoms with E-state index in [9.17, 15) is 9.90 Å². The second kappa shape index (κ2) is 6.72. The van der Waals surface area contributed by atoms with Crippen LogP contribution in [0.3, 0.4) is 0 Å². The van der Waals surface area contributed by atoms with Crippen molar-refractivity contribution in [3.63, 3.8) is 0 Å². The normalized spacial score (nSPS) is 11.5. The van der Waals surface area contributed by atoms with Gasteiger partial charge in [0.05, 0.1) is 23.3 Å². The first-order valence-corrected chi connectivity index (χ1v) is 8.84. The Morgan fingerprint density at radius 1 is 1.36 bits per heavy atom. The van der Waals surface area contributed by atoms with Gasteiger partial charge in [0.1, 0.15) is 5.00 Å².